The van der Waals surface area contributed by atoms with Gasteiger partial charge in [-0.15, -0.1) is 0 Å². The number of hydrogen-bond donors (Lipinski definition) is 2. The van der Waals surface area contributed by atoms with Crippen molar-refractivity contribution in [2.24, 2.45) is 0 Å². The topological polar surface area (TPSA) is 75.4 Å². The summed E-state index contributed by atoms with van der Waals surface area (Å²) in [7, 11) is 0. The predicted molar refractivity (Wildman–Crippen MR) is 61.5 cm³/mol. The van der Waals surface area contributed by atoms with Crippen molar-refractivity contribution in [2.45, 2.75) is 31.3 Å². The van der Waals surface area contributed by atoms with Crippen LogP contribution in [0.3, 0.4) is 0 Å². The molecule has 1 aromatic heterocycles. The molecule has 0 aromatic carbocycles. The number of aliphatic hydroxyl groups is 1. The summed E-state index contributed by atoms with van der Waals surface area (Å²) in [5.41, 5.74) is 0.771. The Kier molecular flexibility index (Phi) is 3.22. The maximum Gasteiger partial charge on any atom is 0.324 e. The van der Waals surface area contributed by atoms with Gasteiger partial charge in [-0.2, -0.15) is 0 Å². The molecule has 1 heterocycles. The van der Waals surface area contributed by atoms with Crippen molar-refractivity contribution in [1.29, 1.82) is 0 Å². The van der Waals surface area contributed by atoms with Crippen LogP contribution < -0.4 is 5.32 Å². The van der Waals surface area contributed by atoms with Gasteiger partial charge in [0.1, 0.15) is 0 Å². The van der Waals surface area contributed by atoms with Gasteiger partial charge >= 0.3 is 5.00 Å². The SMILES string of the molecule is O=[N+]([O-])c1cc(CNC2(CO)CCC2)cs1. The molecule has 0 bridgehead atoms. The number of aliphatic hydroxyl groups excluding tert-OH is 1. The highest BCUT2D eigenvalue weighted by molar-refractivity contribution is 7.13. The van der Waals surface area contributed by atoms with Gasteiger partial charge in [0, 0.05) is 23.5 Å². The van der Waals surface area contributed by atoms with E-state index in [0.29, 0.717) is 6.54 Å². The van der Waals surface area contributed by atoms with Crippen molar-refractivity contribution in [1.82, 2.24) is 5.32 Å². The summed E-state index contributed by atoms with van der Waals surface area (Å²) in [6.07, 6.45) is 3.10. The maximum absolute atomic E-state index is 10.5. The molecule has 1 saturated carbocycles. The number of hydrogen-bond acceptors (Lipinski definition) is 5. The molecule has 0 atom stereocenters. The lowest BCUT2D eigenvalue weighted by molar-refractivity contribution is -0.380. The molecule has 1 fully saturated rings. The highest BCUT2D eigenvalue weighted by Crippen LogP contribution is 2.32. The van der Waals surface area contributed by atoms with Crippen LogP contribution in [0.4, 0.5) is 5.00 Å². The first-order valence-electron chi connectivity index (χ1n) is 5.23. The molecule has 88 valence electrons. The molecule has 0 amide bonds. The summed E-state index contributed by atoms with van der Waals surface area (Å²) in [5, 5.41) is 25.0. The summed E-state index contributed by atoms with van der Waals surface area (Å²) < 4.78 is 0. The Morgan fingerprint density at radius 2 is 2.38 bits per heavy atom. The molecule has 1 aliphatic carbocycles. The van der Waals surface area contributed by atoms with E-state index in [1.54, 1.807) is 11.4 Å². The Bertz CT molecular complexity index is 382. The fraction of sp³-hybridized carbons (Fsp3) is 0.600. The fourth-order valence-corrected chi connectivity index (χ4v) is 2.56. The molecule has 0 spiro atoms. The van der Waals surface area contributed by atoms with Crippen LogP contribution in [-0.4, -0.2) is 22.2 Å². The minimum absolute atomic E-state index is 0.138. The molecular weight excluding hydrogens is 228 g/mol. The number of rotatable bonds is 5. The zero-order valence-corrected chi connectivity index (χ0v) is 9.63. The predicted octanol–water partition coefficient (Wildman–Crippen LogP) is 1.66. The van der Waals surface area contributed by atoms with Gasteiger partial charge in [0.25, 0.3) is 0 Å². The molecule has 0 radical (unpaired) electrons. The van der Waals surface area contributed by atoms with Crippen molar-refractivity contribution in [3.05, 3.63) is 27.1 Å². The van der Waals surface area contributed by atoms with Crippen LogP contribution in [0, 0.1) is 10.1 Å². The standard InChI is InChI=1S/C10H14N2O3S/c13-7-10(2-1-3-10)11-5-8-4-9(12(14)15)16-6-8/h4,6,11,13H,1-3,5,7H2. The van der Waals surface area contributed by atoms with Crippen molar-refractivity contribution in [2.75, 3.05) is 6.61 Å². The van der Waals surface area contributed by atoms with E-state index in [4.69, 9.17) is 0 Å². The molecule has 5 nitrogen and oxygen atoms in total. The van der Waals surface area contributed by atoms with E-state index in [1.807, 2.05) is 0 Å². The molecular formula is C10H14N2O3S. The van der Waals surface area contributed by atoms with E-state index in [1.165, 1.54) is 0 Å². The van der Waals surface area contributed by atoms with Gasteiger partial charge in [-0.3, -0.25) is 10.1 Å². The monoisotopic (exact) mass is 242 g/mol. The van der Waals surface area contributed by atoms with E-state index >= 15 is 0 Å². The minimum atomic E-state index is -0.376. The van der Waals surface area contributed by atoms with E-state index in [9.17, 15) is 15.2 Å². The van der Waals surface area contributed by atoms with E-state index in [0.717, 1.165) is 36.2 Å². The Morgan fingerprint density at radius 3 is 2.81 bits per heavy atom. The van der Waals surface area contributed by atoms with Gasteiger partial charge in [-0.1, -0.05) is 11.3 Å². The Balaban J connectivity index is 1.91. The quantitative estimate of drug-likeness (QED) is 0.608. The van der Waals surface area contributed by atoms with Crippen molar-refractivity contribution < 1.29 is 10.0 Å². The highest BCUT2D eigenvalue weighted by atomic mass is 32.1. The van der Waals surface area contributed by atoms with Crippen LogP contribution in [0.15, 0.2) is 11.4 Å². The second-order valence-corrected chi connectivity index (χ2v) is 5.09. The van der Waals surface area contributed by atoms with Crippen LogP contribution in [0.5, 0.6) is 0 Å². The van der Waals surface area contributed by atoms with Crippen LogP contribution in [0.1, 0.15) is 24.8 Å². The van der Waals surface area contributed by atoms with Crippen LogP contribution in [-0.2, 0) is 6.54 Å². The third-order valence-electron chi connectivity index (χ3n) is 3.10. The maximum atomic E-state index is 10.5. The lowest BCUT2D eigenvalue weighted by Gasteiger charge is -2.41. The first-order chi connectivity index (χ1) is 7.65. The van der Waals surface area contributed by atoms with Gasteiger partial charge in [0.05, 0.1) is 11.5 Å². The smallest absolute Gasteiger partial charge is 0.324 e. The first kappa shape index (κ1) is 11.5. The first-order valence-corrected chi connectivity index (χ1v) is 6.11. The Hall–Kier alpha value is -0.980. The van der Waals surface area contributed by atoms with Gasteiger partial charge in [0.2, 0.25) is 0 Å². The van der Waals surface area contributed by atoms with Crippen LogP contribution in [0.2, 0.25) is 0 Å². The summed E-state index contributed by atoms with van der Waals surface area (Å²) >= 11 is 1.14. The van der Waals surface area contributed by atoms with Gasteiger partial charge in [0.15, 0.2) is 0 Å². The largest absolute Gasteiger partial charge is 0.394 e. The number of nitrogens with zero attached hydrogens (tertiary/aromatic N) is 1. The molecule has 1 aliphatic rings. The molecule has 0 saturated heterocycles. The minimum Gasteiger partial charge on any atom is -0.394 e. The lowest BCUT2D eigenvalue weighted by Crippen LogP contribution is -2.53. The van der Waals surface area contributed by atoms with Gasteiger partial charge in [-0.25, -0.2) is 0 Å². The molecule has 16 heavy (non-hydrogen) atoms. The van der Waals surface area contributed by atoms with Crippen molar-refractivity contribution in [3.8, 4) is 0 Å². The Morgan fingerprint density at radius 1 is 1.62 bits per heavy atom. The van der Waals surface area contributed by atoms with Crippen molar-refractivity contribution >= 4 is 16.3 Å². The van der Waals surface area contributed by atoms with Crippen LogP contribution in [0.25, 0.3) is 0 Å². The van der Waals surface area contributed by atoms with Crippen LogP contribution >= 0.6 is 11.3 Å². The third kappa shape index (κ3) is 2.23. The van der Waals surface area contributed by atoms with E-state index in [-0.39, 0.29) is 22.1 Å². The zero-order chi connectivity index (χ0) is 11.6. The second kappa shape index (κ2) is 4.48. The number of nitro groups is 1. The van der Waals surface area contributed by atoms with Gasteiger partial charge in [-0.05, 0) is 24.8 Å². The lowest BCUT2D eigenvalue weighted by atomic mass is 9.77. The van der Waals surface area contributed by atoms with Gasteiger partial charge < -0.3 is 10.4 Å². The molecule has 2 rings (SSSR count). The van der Waals surface area contributed by atoms with E-state index in [2.05, 4.69) is 5.32 Å². The summed E-state index contributed by atoms with van der Waals surface area (Å²) in [6.45, 7) is 0.726. The molecule has 1 aromatic rings. The third-order valence-corrected chi connectivity index (χ3v) is 4.03. The summed E-state index contributed by atoms with van der Waals surface area (Å²) in [5.74, 6) is 0. The van der Waals surface area contributed by atoms with E-state index < -0.39 is 0 Å². The average Bonchev–Trinajstić information content (AvgIpc) is 2.65. The fourth-order valence-electron chi connectivity index (χ4n) is 1.84. The summed E-state index contributed by atoms with van der Waals surface area (Å²) in [6, 6.07) is 1.58. The number of thiophene rings is 1. The highest BCUT2D eigenvalue weighted by Gasteiger charge is 2.35. The number of nitrogens with one attached hydrogen (secondary N) is 1. The zero-order valence-electron chi connectivity index (χ0n) is 8.81. The second-order valence-electron chi connectivity index (χ2n) is 4.20. The molecule has 6 heteroatoms. The molecule has 0 unspecified atom stereocenters. The summed E-state index contributed by atoms with van der Waals surface area (Å²) in [4.78, 5) is 10.1. The molecule has 2 N–H and O–H groups in total. The average molecular weight is 242 g/mol. The van der Waals surface area contributed by atoms with Crippen molar-refractivity contribution in [3.63, 3.8) is 0 Å². The normalized spacial score (nSPS) is 18.1. The molecule has 0 aliphatic heterocycles. The Labute approximate surface area is 97.3 Å².